The fourth-order valence-corrected chi connectivity index (χ4v) is 2.01. The largest absolute Gasteiger partial charge is 0.395 e. The van der Waals surface area contributed by atoms with E-state index >= 15 is 0 Å². The predicted octanol–water partition coefficient (Wildman–Crippen LogP) is 0.215. The van der Waals surface area contributed by atoms with Crippen LogP contribution in [0.2, 0.25) is 0 Å². The normalized spacial score (nSPS) is 16.5. The average molecular weight is 214 g/mol. The molecule has 0 aromatic heterocycles. The highest BCUT2D eigenvalue weighted by Crippen LogP contribution is 2.15. The Morgan fingerprint density at radius 2 is 2.07 bits per heavy atom. The summed E-state index contributed by atoms with van der Waals surface area (Å²) in [5, 5.41) is 12.1. The number of nitrogens with zero attached hydrogens (tertiary/aromatic N) is 1. The molecule has 1 heterocycles. The van der Waals surface area contributed by atoms with Gasteiger partial charge >= 0.3 is 0 Å². The first-order valence-electron chi connectivity index (χ1n) is 5.86. The van der Waals surface area contributed by atoms with Crippen molar-refractivity contribution in [3.05, 3.63) is 0 Å². The number of rotatable bonds is 6. The topological polar surface area (TPSA) is 52.6 Å². The first-order valence-corrected chi connectivity index (χ1v) is 5.86. The highest BCUT2D eigenvalue weighted by atomic mass is 16.3. The van der Waals surface area contributed by atoms with E-state index in [0.717, 1.165) is 25.9 Å². The highest BCUT2D eigenvalue weighted by Gasteiger charge is 2.31. The van der Waals surface area contributed by atoms with E-state index in [-0.39, 0.29) is 24.5 Å². The fraction of sp³-hybridized carbons (Fsp3) is 0.909. The van der Waals surface area contributed by atoms with Crippen molar-refractivity contribution in [3.8, 4) is 0 Å². The van der Waals surface area contributed by atoms with E-state index in [1.54, 1.807) is 0 Å². The van der Waals surface area contributed by atoms with Crippen LogP contribution in [0.25, 0.3) is 0 Å². The Labute approximate surface area is 91.6 Å². The fourth-order valence-electron chi connectivity index (χ4n) is 2.01. The van der Waals surface area contributed by atoms with E-state index in [0.29, 0.717) is 6.54 Å². The van der Waals surface area contributed by atoms with Crippen LogP contribution in [0.1, 0.15) is 26.7 Å². The van der Waals surface area contributed by atoms with E-state index in [2.05, 4.69) is 19.2 Å². The van der Waals surface area contributed by atoms with Crippen molar-refractivity contribution >= 4 is 5.91 Å². The number of nitrogens with one attached hydrogen (secondary N) is 1. The molecular formula is C11H22N2O2. The van der Waals surface area contributed by atoms with Gasteiger partial charge in [0.15, 0.2) is 0 Å². The summed E-state index contributed by atoms with van der Waals surface area (Å²) in [6, 6.07) is 0.283. The first kappa shape index (κ1) is 12.5. The summed E-state index contributed by atoms with van der Waals surface area (Å²) in [7, 11) is 0. The molecule has 2 N–H and O–H groups in total. The molecule has 0 spiro atoms. The molecule has 0 aromatic rings. The van der Waals surface area contributed by atoms with E-state index in [1.165, 1.54) is 0 Å². The molecule has 4 nitrogen and oxygen atoms in total. The lowest BCUT2D eigenvalue weighted by atomic mass is 9.99. The Balaban J connectivity index is 2.57. The zero-order chi connectivity index (χ0) is 11.3. The molecule has 0 aliphatic carbocycles. The van der Waals surface area contributed by atoms with Gasteiger partial charge in [0.25, 0.3) is 0 Å². The molecule has 1 rings (SSSR count). The van der Waals surface area contributed by atoms with Crippen LogP contribution < -0.4 is 5.32 Å². The number of hydrogen-bond acceptors (Lipinski definition) is 3. The number of carbonyl (C=O) groups excluding carboxylic acids is 1. The van der Waals surface area contributed by atoms with Gasteiger partial charge in [-0.1, -0.05) is 13.8 Å². The molecule has 0 unspecified atom stereocenters. The van der Waals surface area contributed by atoms with Gasteiger partial charge in [0.05, 0.1) is 12.5 Å². The Bertz CT molecular complexity index is 201. The summed E-state index contributed by atoms with van der Waals surface area (Å²) in [5.74, 6) is 0.341. The van der Waals surface area contributed by atoms with E-state index in [1.807, 2.05) is 4.90 Å². The van der Waals surface area contributed by atoms with Crippen molar-refractivity contribution in [2.24, 2.45) is 5.92 Å². The summed E-state index contributed by atoms with van der Waals surface area (Å²) in [5.41, 5.74) is 0. The first-order chi connectivity index (χ1) is 7.24. The molecule has 88 valence electrons. The van der Waals surface area contributed by atoms with Crippen molar-refractivity contribution in [2.45, 2.75) is 32.7 Å². The number of aliphatic hydroxyl groups excluding tert-OH is 1. The Hall–Kier alpha value is -0.610. The molecule has 15 heavy (non-hydrogen) atoms. The quantitative estimate of drug-likeness (QED) is 0.665. The van der Waals surface area contributed by atoms with Gasteiger partial charge in [0, 0.05) is 25.7 Å². The summed E-state index contributed by atoms with van der Waals surface area (Å²) in [6.07, 6.45) is 1.92. The van der Waals surface area contributed by atoms with E-state index < -0.39 is 0 Å². The van der Waals surface area contributed by atoms with Crippen molar-refractivity contribution in [3.63, 3.8) is 0 Å². The van der Waals surface area contributed by atoms with Crippen LogP contribution in [0.3, 0.4) is 0 Å². The van der Waals surface area contributed by atoms with Crippen LogP contribution >= 0.6 is 0 Å². The van der Waals surface area contributed by atoms with Crippen molar-refractivity contribution in [1.29, 1.82) is 0 Å². The van der Waals surface area contributed by atoms with Gasteiger partial charge in [-0.3, -0.25) is 4.79 Å². The van der Waals surface area contributed by atoms with Crippen molar-refractivity contribution in [2.75, 3.05) is 26.2 Å². The molecule has 1 fully saturated rings. The minimum atomic E-state index is 0.0579. The maximum Gasteiger partial charge on any atom is 0.228 e. The van der Waals surface area contributed by atoms with Gasteiger partial charge < -0.3 is 15.3 Å². The summed E-state index contributed by atoms with van der Waals surface area (Å²) in [6.45, 7) is 6.29. The van der Waals surface area contributed by atoms with Gasteiger partial charge in [-0.2, -0.15) is 0 Å². The molecule has 1 aliphatic heterocycles. The van der Waals surface area contributed by atoms with Crippen LogP contribution in [0.15, 0.2) is 0 Å². The number of carbonyl (C=O) groups is 1. The minimum absolute atomic E-state index is 0.0579. The number of hydrogen-bond donors (Lipinski definition) is 2. The lowest BCUT2D eigenvalue weighted by Gasteiger charge is -2.36. The Morgan fingerprint density at radius 1 is 1.47 bits per heavy atom. The second kappa shape index (κ2) is 6.08. The number of amides is 1. The van der Waals surface area contributed by atoms with Crippen LogP contribution in [-0.2, 0) is 4.79 Å². The maximum atomic E-state index is 12.0. The smallest absolute Gasteiger partial charge is 0.228 e. The zero-order valence-corrected chi connectivity index (χ0v) is 9.70. The highest BCUT2D eigenvalue weighted by molar-refractivity contribution is 5.80. The molecule has 4 heteroatoms. The van der Waals surface area contributed by atoms with Gasteiger partial charge in [-0.25, -0.2) is 0 Å². The molecule has 1 aliphatic rings. The molecular weight excluding hydrogens is 192 g/mol. The molecule has 0 bridgehead atoms. The van der Waals surface area contributed by atoms with Crippen LogP contribution in [0.5, 0.6) is 0 Å². The standard InChI is InChI=1S/C11H22N2O2/c1-3-10(4-2)13(5-6-14)11(15)9-7-12-8-9/h9-10,12,14H,3-8H2,1-2H3. The lowest BCUT2D eigenvalue weighted by Crippen LogP contribution is -2.54. The van der Waals surface area contributed by atoms with Crippen molar-refractivity contribution < 1.29 is 9.90 Å². The van der Waals surface area contributed by atoms with Gasteiger partial charge in [0.2, 0.25) is 5.91 Å². The Kier molecular flexibility index (Phi) is 5.05. The molecule has 0 radical (unpaired) electrons. The van der Waals surface area contributed by atoms with Crippen LogP contribution in [-0.4, -0.2) is 48.2 Å². The summed E-state index contributed by atoms with van der Waals surface area (Å²) < 4.78 is 0. The SMILES string of the molecule is CCC(CC)N(CCO)C(=O)C1CNC1. The van der Waals surface area contributed by atoms with E-state index in [9.17, 15) is 4.79 Å². The maximum absolute atomic E-state index is 12.0. The minimum Gasteiger partial charge on any atom is -0.395 e. The monoisotopic (exact) mass is 214 g/mol. The lowest BCUT2D eigenvalue weighted by molar-refractivity contribution is -0.140. The number of aliphatic hydroxyl groups is 1. The third-order valence-electron chi connectivity index (χ3n) is 3.14. The summed E-state index contributed by atoms with van der Waals surface area (Å²) in [4.78, 5) is 13.9. The van der Waals surface area contributed by atoms with E-state index in [4.69, 9.17) is 5.11 Å². The van der Waals surface area contributed by atoms with Crippen LogP contribution in [0, 0.1) is 5.92 Å². The van der Waals surface area contributed by atoms with Crippen LogP contribution in [0.4, 0.5) is 0 Å². The molecule has 1 amide bonds. The second-order valence-corrected chi connectivity index (χ2v) is 4.08. The van der Waals surface area contributed by atoms with Gasteiger partial charge in [-0.05, 0) is 12.8 Å². The third kappa shape index (κ3) is 2.92. The molecule has 0 saturated carbocycles. The van der Waals surface area contributed by atoms with Crippen molar-refractivity contribution in [1.82, 2.24) is 10.2 Å². The third-order valence-corrected chi connectivity index (χ3v) is 3.14. The molecule has 1 saturated heterocycles. The molecule has 0 aromatic carbocycles. The van der Waals surface area contributed by atoms with Gasteiger partial charge in [-0.15, -0.1) is 0 Å². The molecule has 0 atom stereocenters. The zero-order valence-electron chi connectivity index (χ0n) is 9.70. The predicted molar refractivity (Wildman–Crippen MR) is 59.5 cm³/mol. The average Bonchev–Trinajstić information content (AvgIpc) is 2.15. The second-order valence-electron chi connectivity index (χ2n) is 4.08. The Morgan fingerprint density at radius 3 is 2.40 bits per heavy atom. The summed E-state index contributed by atoms with van der Waals surface area (Å²) >= 11 is 0. The van der Waals surface area contributed by atoms with Gasteiger partial charge in [0.1, 0.15) is 0 Å².